The number of methoxy groups -OCH3 is 1. The van der Waals surface area contributed by atoms with Gasteiger partial charge in [0.15, 0.2) is 0 Å². The Morgan fingerprint density at radius 3 is 2.45 bits per heavy atom. The van der Waals surface area contributed by atoms with Crippen LogP contribution in [-0.4, -0.2) is 17.2 Å². The fourth-order valence-electron chi connectivity index (χ4n) is 2.67. The van der Waals surface area contributed by atoms with Crippen LogP contribution < -0.4 is 4.74 Å². The second-order valence-electron chi connectivity index (χ2n) is 4.85. The van der Waals surface area contributed by atoms with Gasteiger partial charge < -0.3 is 9.84 Å². The van der Waals surface area contributed by atoms with Crippen LogP contribution >= 0.6 is 11.3 Å². The average molecular weight is 291 g/mol. The highest BCUT2D eigenvalue weighted by Gasteiger charge is 2.38. The molecule has 0 amide bonds. The number of thiazole rings is 1. The molecule has 2 rings (SSSR count). The molecule has 20 heavy (non-hydrogen) atoms. The number of hydrogen-bond donors (Lipinski definition) is 1. The lowest BCUT2D eigenvalue weighted by atomic mass is 9.79. The molecule has 0 spiro atoms. The van der Waals surface area contributed by atoms with Gasteiger partial charge in [-0.1, -0.05) is 26.0 Å². The Morgan fingerprint density at radius 1 is 1.30 bits per heavy atom. The van der Waals surface area contributed by atoms with E-state index in [4.69, 9.17) is 4.74 Å². The van der Waals surface area contributed by atoms with Crippen molar-refractivity contribution in [2.24, 2.45) is 0 Å². The molecule has 108 valence electrons. The number of nitrogens with zero attached hydrogens (tertiary/aromatic N) is 1. The van der Waals surface area contributed by atoms with Crippen LogP contribution in [0.5, 0.6) is 5.75 Å². The van der Waals surface area contributed by atoms with Crippen LogP contribution in [0.15, 0.2) is 35.8 Å². The molecule has 0 radical (unpaired) electrons. The van der Waals surface area contributed by atoms with Crippen LogP contribution in [0.25, 0.3) is 0 Å². The lowest BCUT2D eigenvalue weighted by Gasteiger charge is -2.33. The van der Waals surface area contributed by atoms with Crippen molar-refractivity contribution in [3.8, 4) is 5.75 Å². The zero-order chi connectivity index (χ0) is 14.6. The highest BCUT2D eigenvalue weighted by molar-refractivity contribution is 7.09. The summed E-state index contributed by atoms with van der Waals surface area (Å²) >= 11 is 1.51. The Bertz CT molecular complexity index is 524. The van der Waals surface area contributed by atoms with Gasteiger partial charge in [-0.05, 0) is 30.5 Å². The van der Waals surface area contributed by atoms with E-state index in [1.165, 1.54) is 11.3 Å². The quantitative estimate of drug-likeness (QED) is 0.876. The molecule has 0 fully saturated rings. The van der Waals surface area contributed by atoms with Crippen LogP contribution in [0, 0.1) is 0 Å². The lowest BCUT2D eigenvalue weighted by Crippen LogP contribution is -2.32. The summed E-state index contributed by atoms with van der Waals surface area (Å²) in [6.07, 6.45) is 3.25. The summed E-state index contributed by atoms with van der Waals surface area (Å²) in [6.45, 7) is 4.11. The topological polar surface area (TPSA) is 42.4 Å². The molecular weight excluding hydrogens is 270 g/mol. The van der Waals surface area contributed by atoms with E-state index < -0.39 is 5.60 Å². The molecule has 2 atom stereocenters. The third-order valence-corrected chi connectivity index (χ3v) is 4.78. The number of ether oxygens (including phenoxy) is 1. The van der Waals surface area contributed by atoms with E-state index in [0.717, 1.165) is 22.7 Å². The third-order valence-electron chi connectivity index (χ3n) is 3.84. The van der Waals surface area contributed by atoms with E-state index >= 15 is 0 Å². The predicted octanol–water partition coefficient (Wildman–Crippen LogP) is 3.94. The Hall–Kier alpha value is -1.39. The fraction of sp³-hybridized carbons (Fsp3) is 0.438. The van der Waals surface area contributed by atoms with Crippen molar-refractivity contribution in [1.29, 1.82) is 0 Å². The van der Waals surface area contributed by atoms with Gasteiger partial charge in [-0.25, -0.2) is 4.98 Å². The molecule has 1 aromatic heterocycles. The monoisotopic (exact) mass is 291 g/mol. The summed E-state index contributed by atoms with van der Waals surface area (Å²) in [6, 6.07) is 7.94. The first-order valence-corrected chi connectivity index (χ1v) is 7.80. The van der Waals surface area contributed by atoms with Crippen LogP contribution in [-0.2, 0) is 5.60 Å². The number of aliphatic hydroxyl groups is 1. The summed E-state index contributed by atoms with van der Waals surface area (Å²) in [5, 5.41) is 13.8. The molecule has 0 aliphatic carbocycles. The van der Waals surface area contributed by atoms with Crippen molar-refractivity contribution < 1.29 is 9.84 Å². The van der Waals surface area contributed by atoms with Gasteiger partial charge in [-0.3, -0.25) is 0 Å². The molecule has 0 bridgehead atoms. The molecule has 1 N–H and O–H groups in total. The van der Waals surface area contributed by atoms with E-state index in [1.807, 2.05) is 36.6 Å². The van der Waals surface area contributed by atoms with Crippen molar-refractivity contribution in [3.05, 3.63) is 46.4 Å². The molecule has 3 nitrogen and oxygen atoms in total. The van der Waals surface area contributed by atoms with E-state index in [1.54, 1.807) is 13.3 Å². The smallest absolute Gasteiger partial charge is 0.125 e. The largest absolute Gasteiger partial charge is 0.497 e. The maximum Gasteiger partial charge on any atom is 0.125 e. The van der Waals surface area contributed by atoms with Crippen LogP contribution in [0.2, 0.25) is 0 Å². The minimum atomic E-state index is -0.905. The standard InChI is InChI=1S/C16H21NO2S/c1-4-14(12-6-8-13(19-3)9-7-12)16(18,5-2)15-17-10-11-20-15/h6-11,14,18H,4-5H2,1-3H3/t14-,16-/m0/s1. The van der Waals surface area contributed by atoms with Crippen LogP contribution in [0.4, 0.5) is 0 Å². The molecule has 4 heteroatoms. The van der Waals surface area contributed by atoms with E-state index in [-0.39, 0.29) is 5.92 Å². The minimum Gasteiger partial charge on any atom is -0.497 e. The summed E-state index contributed by atoms with van der Waals surface area (Å²) in [5.41, 5.74) is 0.213. The molecule has 0 aliphatic heterocycles. The lowest BCUT2D eigenvalue weighted by molar-refractivity contribution is 0.00127. The number of rotatable bonds is 6. The second-order valence-corrected chi connectivity index (χ2v) is 5.74. The maximum atomic E-state index is 11.1. The van der Waals surface area contributed by atoms with E-state index in [9.17, 15) is 5.11 Å². The number of hydrogen-bond acceptors (Lipinski definition) is 4. The van der Waals surface area contributed by atoms with Crippen molar-refractivity contribution in [2.45, 2.75) is 38.2 Å². The Morgan fingerprint density at radius 2 is 2.00 bits per heavy atom. The number of aromatic nitrogens is 1. The summed E-state index contributed by atoms with van der Waals surface area (Å²) < 4.78 is 5.19. The van der Waals surface area contributed by atoms with E-state index in [2.05, 4.69) is 11.9 Å². The molecule has 1 aromatic carbocycles. The van der Waals surface area contributed by atoms with Crippen LogP contribution in [0.3, 0.4) is 0 Å². The predicted molar refractivity (Wildman–Crippen MR) is 82.3 cm³/mol. The molecule has 1 heterocycles. The maximum absolute atomic E-state index is 11.1. The van der Waals surface area contributed by atoms with Gasteiger partial charge in [-0.15, -0.1) is 11.3 Å². The molecular formula is C16H21NO2S. The van der Waals surface area contributed by atoms with Crippen molar-refractivity contribution in [1.82, 2.24) is 4.98 Å². The van der Waals surface area contributed by atoms with E-state index in [0.29, 0.717) is 6.42 Å². The van der Waals surface area contributed by atoms with Gasteiger partial charge >= 0.3 is 0 Å². The first kappa shape index (κ1) is 15.0. The Labute approximate surface area is 124 Å². The first-order chi connectivity index (χ1) is 9.65. The van der Waals surface area contributed by atoms with Crippen molar-refractivity contribution >= 4 is 11.3 Å². The highest BCUT2D eigenvalue weighted by atomic mass is 32.1. The summed E-state index contributed by atoms with van der Waals surface area (Å²) in [5.74, 6) is 0.863. The van der Waals surface area contributed by atoms with Crippen molar-refractivity contribution in [2.75, 3.05) is 7.11 Å². The van der Waals surface area contributed by atoms with Gasteiger partial charge in [0.25, 0.3) is 0 Å². The third kappa shape index (κ3) is 2.72. The Balaban J connectivity index is 2.38. The molecule has 0 saturated heterocycles. The van der Waals surface area contributed by atoms with Gasteiger partial charge in [-0.2, -0.15) is 0 Å². The van der Waals surface area contributed by atoms with Gasteiger partial charge in [0.2, 0.25) is 0 Å². The molecule has 0 unspecified atom stereocenters. The van der Waals surface area contributed by atoms with Gasteiger partial charge in [0, 0.05) is 17.5 Å². The van der Waals surface area contributed by atoms with Gasteiger partial charge in [0.05, 0.1) is 7.11 Å². The second kappa shape index (κ2) is 6.37. The zero-order valence-corrected chi connectivity index (χ0v) is 13.0. The summed E-state index contributed by atoms with van der Waals surface area (Å²) in [7, 11) is 1.66. The van der Waals surface area contributed by atoms with Crippen molar-refractivity contribution in [3.63, 3.8) is 0 Å². The first-order valence-electron chi connectivity index (χ1n) is 6.92. The van der Waals surface area contributed by atoms with Gasteiger partial charge in [0.1, 0.15) is 16.4 Å². The summed E-state index contributed by atoms with van der Waals surface area (Å²) in [4.78, 5) is 4.33. The molecule has 0 saturated carbocycles. The highest BCUT2D eigenvalue weighted by Crippen LogP contribution is 2.42. The minimum absolute atomic E-state index is 0.0320. The molecule has 2 aromatic rings. The molecule has 0 aliphatic rings. The van der Waals surface area contributed by atoms with Crippen LogP contribution in [0.1, 0.15) is 43.2 Å². The average Bonchev–Trinajstić information content (AvgIpc) is 3.03. The normalized spacial score (nSPS) is 15.6. The Kier molecular flexibility index (Phi) is 4.78. The SMILES string of the molecule is CC[C@@H](c1ccc(OC)cc1)[C@@](O)(CC)c1nccs1. The number of benzene rings is 1. The zero-order valence-electron chi connectivity index (χ0n) is 12.2. The fourth-order valence-corrected chi connectivity index (χ4v) is 3.53.